The molecule has 0 aromatic carbocycles. The number of ketones is 1. The number of hydrogen-bond acceptors (Lipinski definition) is 7. The standard InChI is InChI=1S/C9H12N2O3S2/c1-3-14-8(13)4-7(12)5-16-9(15-2)11-6-10/h3-5H2,1-2H3. The van der Waals surface area contributed by atoms with E-state index in [4.69, 9.17) is 5.26 Å². The molecule has 0 amide bonds. The van der Waals surface area contributed by atoms with Gasteiger partial charge in [0, 0.05) is 0 Å². The number of nitriles is 1. The van der Waals surface area contributed by atoms with Gasteiger partial charge in [-0.15, -0.1) is 11.8 Å². The van der Waals surface area contributed by atoms with Crippen LogP contribution in [-0.2, 0) is 14.3 Å². The summed E-state index contributed by atoms with van der Waals surface area (Å²) in [5, 5.41) is 8.33. The number of carbonyl (C=O) groups is 2. The van der Waals surface area contributed by atoms with Crippen LogP contribution in [0.2, 0.25) is 0 Å². The maximum atomic E-state index is 11.3. The monoisotopic (exact) mass is 260 g/mol. The number of ether oxygens (including phenoxy) is 1. The topological polar surface area (TPSA) is 79.5 Å². The number of nitrogens with zero attached hydrogens (tertiary/aromatic N) is 2. The number of thioether (sulfide) groups is 2. The van der Waals surface area contributed by atoms with Crippen LogP contribution in [0.4, 0.5) is 0 Å². The highest BCUT2D eigenvalue weighted by Crippen LogP contribution is 2.14. The molecular formula is C9H12N2O3S2. The Morgan fingerprint density at radius 3 is 2.69 bits per heavy atom. The van der Waals surface area contributed by atoms with E-state index in [1.165, 1.54) is 11.8 Å². The van der Waals surface area contributed by atoms with Gasteiger partial charge in [-0.2, -0.15) is 10.3 Å². The number of esters is 1. The van der Waals surface area contributed by atoms with Crippen molar-refractivity contribution >= 4 is 39.7 Å². The smallest absolute Gasteiger partial charge is 0.313 e. The van der Waals surface area contributed by atoms with Gasteiger partial charge in [0.25, 0.3) is 0 Å². The first kappa shape index (κ1) is 15.0. The molecule has 0 aromatic rings. The van der Waals surface area contributed by atoms with Crippen LogP contribution in [0.25, 0.3) is 0 Å². The number of Topliss-reactive ketones (excluding diaryl/α,β-unsaturated/α-hetero) is 1. The molecule has 0 spiro atoms. The van der Waals surface area contributed by atoms with Crippen molar-refractivity contribution in [2.75, 3.05) is 18.6 Å². The van der Waals surface area contributed by atoms with Crippen molar-refractivity contribution in [1.29, 1.82) is 5.26 Å². The first-order valence-electron chi connectivity index (χ1n) is 4.44. The molecule has 0 aromatic heterocycles. The average molecular weight is 260 g/mol. The third-order valence-electron chi connectivity index (χ3n) is 1.32. The second-order valence-corrected chi connectivity index (χ2v) is 4.51. The lowest BCUT2D eigenvalue weighted by Gasteiger charge is -2.01. The van der Waals surface area contributed by atoms with Gasteiger partial charge in [0.15, 0.2) is 5.78 Å². The predicted octanol–water partition coefficient (Wildman–Crippen LogP) is 1.44. The zero-order valence-corrected chi connectivity index (χ0v) is 10.7. The van der Waals surface area contributed by atoms with Gasteiger partial charge in [-0.3, -0.25) is 9.59 Å². The van der Waals surface area contributed by atoms with Gasteiger partial charge in [-0.25, -0.2) is 0 Å². The van der Waals surface area contributed by atoms with Crippen molar-refractivity contribution in [3.05, 3.63) is 0 Å². The Morgan fingerprint density at radius 2 is 2.19 bits per heavy atom. The molecule has 5 nitrogen and oxygen atoms in total. The van der Waals surface area contributed by atoms with E-state index in [9.17, 15) is 9.59 Å². The largest absolute Gasteiger partial charge is 0.466 e. The van der Waals surface area contributed by atoms with Gasteiger partial charge in [0.1, 0.15) is 10.8 Å². The third kappa shape index (κ3) is 7.31. The van der Waals surface area contributed by atoms with E-state index < -0.39 is 5.97 Å². The Kier molecular flexibility index (Phi) is 8.66. The summed E-state index contributed by atoms with van der Waals surface area (Å²) in [5.74, 6) is -0.626. The normalized spacial score (nSPS) is 10.7. The fourth-order valence-corrected chi connectivity index (χ4v) is 2.02. The minimum Gasteiger partial charge on any atom is -0.466 e. The summed E-state index contributed by atoms with van der Waals surface area (Å²) in [6.07, 6.45) is 3.18. The average Bonchev–Trinajstić information content (AvgIpc) is 2.24. The number of hydrogen-bond donors (Lipinski definition) is 0. The second-order valence-electron chi connectivity index (χ2n) is 2.49. The van der Waals surface area contributed by atoms with Crippen LogP contribution in [0.15, 0.2) is 4.99 Å². The van der Waals surface area contributed by atoms with Gasteiger partial charge in [-0.05, 0) is 13.2 Å². The van der Waals surface area contributed by atoms with Crippen LogP contribution < -0.4 is 0 Å². The molecule has 0 rings (SSSR count). The molecule has 88 valence electrons. The zero-order chi connectivity index (χ0) is 12.4. The lowest BCUT2D eigenvalue weighted by atomic mass is 10.3. The molecule has 0 bridgehead atoms. The van der Waals surface area contributed by atoms with E-state index in [1.54, 1.807) is 19.4 Å². The summed E-state index contributed by atoms with van der Waals surface area (Å²) in [7, 11) is 0. The first-order chi connectivity index (χ1) is 7.63. The number of rotatable bonds is 5. The highest BCUT2D eigenvalue weighted by molar-refractivity contribution is 8.38. The summed E-state index contributed by atoms with van der Waals surface area (Å²) < 4.78 is 5.15. The Labute approximate surface area is 103 Å². The molecule has 0 aliphatic rings. The van der Waals surface area contributed by atoms with Crippen molar-refractivity contribution in [2.24, 2.45) is 4.99 Å². The molecule has 0 fully saturated rings. The van der Waals surface area contributed by atoms with Gasteiger partial charge in [-0.1, -0.05) is 11.8 Å². The Bertz CT molecular complexity index is 323. The maximum absolute atomic E-state index is 11.3. The van der Waals surface area contributed by atoms with Crippen molar-refractivity contribution in [1.82, 2.24) is 0 Å². The molecule has 7 heteroatoms. The Balaban J connectivity index is 3.94. The van der Waals surface area contributed by atoms with Crippen molar-refractivity contribution in [3.8, 4) is 6.19 Å². The molecule has 0 aliphatic carbocycles. The van der Waals surface area contributed by atoms with Gasteiger partial charge in [0.2, 0.25) is 6.19 Å². The van der Waals surface area contributed by atoms with Crippen LogP contribution in [-0.4, -0.2) is 34.7 Å². The summed E-state index contributed by atoms with van der Waals surface area (Å²) in [6, 6.07) is 0. The van der Waals surface area contributed by atoms with E-state index in [0.717, 1.165) is 11.8 Å². The van der Waals surface area contributed by atoms with E-state index >= 15 is 0 Å². The van der Waals surface area contributed by atoms with Crippen molar-refractivity contribution in [2.45, 2.75) is 13.3 Å². The SMILES string of the molecule is CCOC(=O)CC(=O)CSC(=NC#N)SC. The molecular weight excluding hydrogens is 248 g/mol. The van der Waals surface area contributed by atoms with Crippen LogP contribution in [0, 0.1) is 11.5 Å². The highest BCUT2D eigenvalue weighted by Gasteiger charge is 2.11. The molecule has 0 saturated heterocycles. The Hall–Kier alpha value is -1.00. The van der Waals surface area contributed by atoms with E-state index in [2.05, 4.69) is 9.73 Å². The maximum Gasteiger partial charge on any atom is 0.313 e. The van der Waals surface area contributed by atoms with E-state index in [0.29, 0.717) is 4.38 Å². The molecule has 0 unspecified atom stereocenters. The Morgan fingerprint density at radius 1 is 1.50 bits per heavy atom. The fraction of sp³-hybridized carbons (Fsp3) is 0.556. The number of aliphatic imine (C=N–C) groups is 1. The predicted molar refractivity (Wildman–Crippen MR) is 65.3 cm³/mol. The van der Waals surface area contributed by atoms with Crippen molar-refractivity contribution in [3.63, 3.8) is 0 Å². The molecule has 0 atom stereocenters. The second kappa shape index (κ2) is 9.24. The van der Waals surface area contributed by atoms with Crippen molar-refractivity contribution < 1.29 is 14.3 Å². The van der Waals surface area contributed by atoms with Crippen LogP contribution in [0.5, 0.6) is 0 Å². The van der Waals surface area contributed by atoms with Crippen LogP contribution in [0.1, 0.15) is 13.3 Å². The molecule has 0 radical (unpaired) electrons. The van der Waals surface area contributed by atoms with E-state index in [-0.39, 0.29) is 24.6 Å². The molecule has 0 aliphatic heterocycles. The summed E-state index contributed by atoms with van der Waals surface area (Å²) in [4.78, 5) is 25.7. The zero-order valence-electron chi connectivity index (χ0n) is 9.06. The van der Waals surface area contributed by atoms with Gasteiger partial charge < -0.3 is 4.74 Å². The molecule has 0 saturated carbocycles. The third-order valence-corrected chi connectivity index (χ3v) is 3.42. The highest BCUT2D eigenvalue weighted by atomic mass is 32.2. The lowest BCUT2D eigenvalue weighted by molar-refractivity contribution is -0.145. The van der Waals surface area contributed by atoms with Gasteiger partial charge >= 0.3 is 5.97 Å². The molecule has 0 heterocycles. The minimum absolute atomic E-state index is 0.125. The first-order valence-corrected chi connectivity index (χ1v) is 6.66. The summed E-state index contributed by atoms with van der Waals surface area (Å²) >= 11 is 2.44. The summed E-state index contributed by atoms with van der Waals surface area (Å²) in [5.41, 5.74) is 0. The molecule has 0 N–H and O–H groups in total. The van der Waals surface area contributed by atoms with E-state index in [1.807, 2.05) is 0 Å². The summed E-state index contributed by atoms with van der Waals surface area (Å²) in [6.45, 7) is 1.95. The lowest BCUT2D eigenvalue weighted by Crippen LogP contribution is -2.13. The van der Waals surface area contributed by atoms with Crippen LogP contribution in [0.3, 0.4) is 0 Å². The van der Waals surface area contributed by atoms with Gasteiger partial charge in [0.05, 0.1) is 12.4 Å². The molecule has 16 heavy (non-hydrogen) atoms. The fourth-order valence-electron chi connectivity index (χ4n) is 0.744. The minimum atomic E-state index is -0.518. The van der Waals surface area contributed by atoms with Crippen LogP contribution >= 0.6 is 23.5 Å². The number of carbonyl (C=O) groups excluding carboxylic acids is 2. The quantitative estimate of drug-likeness (QED) is 0.245.